The standard InChI is InChI=1S/C21H20N4O5S2/c22-12-15(20-23-16-4-1-2-5-17(16)24-20)18(26)13-30-21(27)14-7-9-25(10-8-14)32(28,29)19-6-3-11-31-19/h1-6,11,14,26H,7-10,13H2,(H,23,24)/b18-15-. The molecule has 3 heterocycles. The van der Waals surface area contributed by atoms with E-state index >= 15 is 0 Å². The number of nitrogens with one attached hydrogen (secondary N) is 1. The molecule has 0 atom stereocenters. The Balaban J connectivity index is 1.36. The lowest BCUT2D eigenvalue weighted by Crippen LogP contribution is -2.40. The first-order valence-electron chi connectivity index (χ1n) is 9.88. The van der Waals surface area contributed by atoms with Crippen LogP contribution in [-0.2, 0) is 19.6 Å². The molecule has 0 aliphatic carbocycles. The third kappa shape index (κ3) is 4.38. The number of carbonyl (C=O) groups is 1. The van der Waals surface area contributed by atoms with E-state index in [2.05, 4.69) is 9.97 Å². The normalized spacial score (nSPS) is 16.5. The van der Waals surface area contributed by atoms with Crippen molar-refractivity contribution in [1.82, 2.24) is 14.3 Å². The van der Waals surface area contributed by atoms with E-state index < -0.39 is 34.3 Å². The number of imidazole rings is 1. The minimum absolute atomic E-state index is 0.106. The van der Waals surface area contributed by atoms with Crippen molar-refractivity contribution in [2.45, 2.75) is 17.1 Å². The van der Waals surface area contributed by atoms with E-state index in [0.29, 0.717) is 23.9 Å². The number of sulfonamides is 1. The fourth-order valence-electron chi connectivity index (χ4n) is 3.52. The Morgan fingerprint density at radius 2 is 2.03 bits per heavy atom. The van der Waals surface area contributed by atoms with Crippen molar-refractivity contribution in [2.75, 3.05) is 19.7 Å². The second kappa shape index (κ2) is 9.12. The van der Waals surface area contributed by atoms with Crippen molar-refractivity contribution < 1.29 is 23.1 Å². The predicted octanol–water partition coefficient (Wildman–Crippen LogP) is 3.06. The maximum Gasteiger partial charge on any atom is 0.309 e. The first-order chi connectivity index (χ1) is 15.4. The van der Waals surface area contributed by atoms with Crippen molar-refractivity contribution in [3.05, 3.63) is 53.4 Å². The number of nitrogens with zero attached hydrogens (tertiary/aromatic N) is 3. The van der Waals surface area contributed by atoms with E-state index in [1.165, 1.54) is 4.31 Å². The zero-order valence-electron chi connectivity index (χ0n) is 16.9. The van der Waals surface area contributed by atoms with Gasteiger partial charge in [0, 0.05) is 13.1 Å². The first kappa shape index (κ1) is 22.0. The molecular formula is C21H20N4O5S2. The van der Waals surface area contributed by atoms with Crippen molar-refractivity contribution >= 4 is 43.9 Å². The third-order valence-electron chi connectivity index (χ3n) is 5.25. The summed E-state index contributed by atoms with van der Waals surface area (Å²) in [6, 6.07) is 12.3. The van der Waals surface area contributed by atoms with Gasteiger partial charge in [0.2, 0.25) is 0 Å². The van der Waals surface area contributed by atoms with Gasteiger partial charge in [-0.1, -0.05) is 18.2 Å². The fourth-order valence-corrected chi connectivity index (χ4v) is 6.14. The quantitative estimate of drug-likeness (QED) is 0.320. The van der Waals surface area contributed by atoms with E-state index in [9.17, 15) is 23.6 Å². The number of H-pyrrole nitrogens is 1. The predicted molar refractivity (Wildman–Crippen MR) is 118 cm³/mol. The summed E-state index contributed by atoms with van der Waals surface area (Å²) in [5.74, 6) is -1.23. The summed E-state index contributed by atoms with van der Waals surface area (Å²) in [6.45, 7) is -0.0407. The fraction of sp³-hybridized carbons (Fsp3) is 0.286. The van der Waals surface area contributed by atoms with Gasteiger partial charge < -0.3 is 14.8 Å². The average Bonchev–Trinajstić information content (AvgIpc) is 3.48. The van der Waals surface area contributed by atoms with Crippen LogP contribution in [0, 0.1) is 17.2 Å². The number of para-hydroxylation sites is 2. The van der Waals surface area contributed by atoms with E-state index in [0.717, 1.165) is 11.3 Å². The summed E-state index contributed by atoms with van der Waals surface area (Å²) in [5, 5.41) is 21.5. The SMILES string of the molecule is N#C/C(=C(/O)COC(=O)C1CCN(S(=O)(=O)c2cccs2)CC1)c1nc2ccccc2[nH]1. The number of rotatable bonds is 6. The molecule has 1 aromatic carbocycles. The van der Waals surface area contributed by atoms with Gasteiger partial charge in [-0.25, -0.2) is 13.4 Å². The molecule has 166 valence electrons. The minimum atomic E-state index is -3.54. The molecule has 9 nitrogen and oxygen atoms in total. The molecule has 0 spiro atoms. The van der Waals surface area contributed by atoms with Gasteiger partial charge in [-0.05, 0) is 36.4 Å². The number of aliphatic hydroxyl groups is 1. The zero-order chi connectivity index (χ0) is 22.7. The summed E-state index contributed by atoms with van der Waals surface area (Å²) < 4.78 is 32.0. The minimum Gasteiger partial charge on any atom is -0.507 e. The van der Waals surface area contributed by atoms with E-state index in [1.54, 1.807) is 35.7 Å². The lowest BCUT2D eigenvalue weighted by molar-refractivity contribution is -0.149. The second-order valence-corrected chi connectivity index (χ2v) is 10.4. The molecule has 0 bridgehead atoms. The van der Waals surface area contributed by atoms with E-state index in [1.807, 2.05) is 12.1 Å². The number of benzene rings is 1. The monoisotopic (exact) mass is 472 g/mol. The number of hydrogen-bond donors (Lipinski definition) is 2. The van der Waals surface area contributed by atoms with Crippen molar-refractivity contribution in [3.63, 3.8) is 0 Å². The van der Waals surface area contributed by atoms with Gasteiger partial charge in [0.15, 0.2) is 11.6 Å². The molecule has 4 rings (SSSR count). The van der Waals surface area contributed by atoms with Crippen LogP contribution in [0.3, 0.4) is 0 Å². The Labute approximate surface area is 188 Å². The maximum absolute atomic E-state index is 12.6. The Morgan fingerprint density at radius 3 is 2.69 bits per heavy atom. The molecular weight excluding hydrogens is 452 g/mol. The van der Waals surface area contributed by atoms with Crippen LogP contribution in [0.2, 0.25) is 0 Å². The molecule has 0 unspecified atom stereocenters. The first-order valence-corrected chi connectivity index (χ1v) is 12.2. The van der Waals surface area contributed by atoms with E-state index in [-0.39, 0.29) is 28.7 Å². The Morgan fingerprint density at radius 1 is 1.28 bits per heavy atom. The Hall–Kier alpha value is -3.20. The van der Waals surface area contributed by atoms with Crippen LogP contribution in [-0.4, -0.2) is 53.5 Å². The lowest BCUT2D eigenvalue weighted by atomic mass is 9.98. The van der Waals surface area contributed by atoms with Gasteiger partial charge in [0.1, 0.15) is 22.5 Å². The summed E-state index contributed by atoms with van der Waals surface area (Å²) in [7, 11) is -3.54. The smallest absolute Gasteiger partial charge is 0.309 e. The molecule has 0 radical (unpaired) electrons. The number of aliphatic hydroxyl groups excluding tert-OH is 1. The zero-order valence-corrected chi connectivity index (χ0v) is 18.5. The van der Waals surface area contributed by atoms with E-state index in [4.69, 9.17) is 4.74 Å². The number of aromatic nitrogens is 2. The Bertz CT molecular complexity index is 1260. The highest BCUT2D eigenvalue weighted by atomic mass is 32.2. The van der Waals surface area contributed by atoms with Gasteiger partial charge in [-0.2, -0.15) is 9.57 Å². The summed E-state index contributed by atoms with van der Waals surface area (Å²) in [6.07, 6.45) is 0.644. The van der Waals surface area contributed by atoms with Gasteiger partial charge in [0.05, 0.1) is 17.0 Å². The molecule has 0 amide bonds. The van der Waals surface area contributed by atoms with Crippen LogP contribution in [0.1, 0.15) is 18.7 Å². The van der Waals surface area contributed by atoms with Gasteiger partial charge in [-0.3, -0.25) is 4.79 Å². The number of hydrogen-bond acceptors (Lipinski definition) is 8. The van der Waals surface area contributed by atoms with Crippen LogP contribution in [0.4, 0.5) is 0 Å². The Kier molecular flexibility index (Phi) is 6.27. The molecule has 2 aromatic heterocycles. The molecule has 1 saturated heterocycles. The number of carbonyl (C=O) groups excluding carboxylic acids is 1. The highest BCUT2D eigenvalue weighted by Gasteiger charge is 2.33. The number of esters is 1. The molecule has 3 aromatic rings. The van der Waals surface area contributed by atoms with Crippen LogP contribution in [0.5, 0.6) is 0 Å². The molecule has 1 aliphatic rings. The molecule has 2 N–H and O–H groups in total. The van der Waals surface area contributed by atoms with Crippen LogP contribution < -0.4 is 0 Å². The molecule has 1 aliphatic heterocycles. The molecule has 11 heteroatoms. The number of thiophene rings is 1. The molecule has 0 saturated carbocycles. The number of nitriles is 1. The number of allylic oxidation sites excluding steroid dienone is 1. The van der Waals surface area contributed by atoms with Gasteiger partial charge >= 0.3 is 5.97 Å². The largest absolute Gasteiger partial charge is 0.507 e. The van der Waals surface area contributed by atoms with Crippen molar-refractivity contribution in [1.29, 1.82) is 5.26 Å². The highest BCUT2D eigenvalue weighted by Crippen LogP contribution is 2.27. The number of fused-ring (bicyclic) bond motifs is 1. The number of aromatic amines is 1. The highest BCUT2D eigenvalue weighted by molar-refractivity contribution is 7.91. The van der Waals surface area contributed by atoms with Crippen molar-refractivity contribution in [2.24, 2.45) is 5.92 Å². The maximum atomic E-state index is 12.6. The number of ether oxygens (including phenoxy) is 1. The van der Waals surface area contributed by atoms with Crippen LogP contribution in [0.25, 0.3) is 16.6 Å². The second-order valence-electron chi connectivity index (χ2n) is 7.25. The molecule has 32 heavy (non-hydrogen) atoms. The third-order valence-corrected chi connectivity index (χ3v) is 8.53. The average molecular weight is 473 g/mol. The number of piperidine rings is 1. The van der Waals surface area contributed by atoms with Crippen LogP contribution in [0.15, 0.2) is 51.7 Å². The lowest BCUT2D eigenvalue weighted by Gasteiger charge is -2.29. The van der Waals surface area contributed by atoms with Gasteiger partial charge in [-0.15, -0.1) is 11.3 Å². The summed E-state index contributed by atoms with van der Waals surface area (Å²) in [4.78, 5) is 19.7. The molecule has 1 fully saturated rings. The van der Waals surface area contributed by atoms with Gasteiger partial charge in [0.25, 0.3) is 10.0 Å². The summed E-state index contributed by atoms with van der Waals surface area (Å²) >= 11 is 1.16. The summed E-state index contributed by atoms with van der Waals surface area (Å²) in [5.41, 5.74) is 1.25. The van der Waals surface area contributed by atoms with Crippen molar-refractivity contribution in [3.8, 4) is 6.07 Å². The van der Waals surface area contributed by atoms with Crippen LogP contribution >= 0.6 is 11.3 Å². The topological polar surface area (TPSA) is 136 Å².